The molecule has 0 bridgehead atoms. The highest BCUT2D eigenvalue weighted by molar-refractivity contribution is 6.25. The van der Waals surface area contributed by atoms with E-state index in [1.807, 2.05) is 24.3 Å². The zero-order chi connectivity index (χ0) is 16.3. The topological polar surface area (TPSA) is 0 Å². The van der Waals surface area contributed by atoms with Crippen LogP contribution in [0.3, 0.4) is 0 Å². The van der Waals surface area contributed by atoms with E-state index in [-0.39, 0.29) is 0 Å². The van der Waals surface area contributed by atoms with E-state index in [4.69, 9.17) is 0 Å². The lowest BCUT2D eigenvalue weighted by Crippen LogP contribution is -1.90. The Morgan fingerprint density at radius 1 is 0.542 bits per heavy atom. The SMILES string of the molecule is Fc1ccc(-c2ccc3ccc4cccc5ccc2c3c45)c(F)c1. The summed E-state index contributed by atoms with van der Waals surface area (Å²) in [6, 6.07) is 22.2. The van der Waals surface area contributed by atoms with Crippen molar-refractivity contribution in [3.8, 4) is 11.1 Å². The summed E-state index contributed by atoms with van der Waals surface area (Å²) in [6.45, 7) is 0. The zero-order valence-corrected chi connectivity index (χ0v) is 12.7. The van der Waals surface area contributed by atoms with Gasteiger partial charge in [0, 0.05) is 11.6 Å². The van der Waals surface area contributed by atoms with Crippen LogP contribution in [-0.2, 0) is 0 Å². The first kappa shape index (κ1) is 13.4. The molecule has 5 rings (SSSR count). The highest BCUT2D eigenvalue weighted by Crippen LogP contribution is 2.39. The summed E-state index contributed by atoms with van der Waals surface area (Å²) in [6.07, 6.45) is 0. The van der Waals surface area contributed by atoms with Gasteiger partial charge < -0.3 is 0 Å². The molecule has 2 heteroatoms. The number of hydrogen-bond donors (Lipinski definition) is 0. The van der Waals surface area contributed by atoms with Gasteiger partial charge in [-0.05, 0) is 50.0 Å². The Labute approximate surface area is 137 Å². The summed E-state index contributed by atoms with van der Waals surface area (Å²) in [7, 11) is 0. The van der Waals surface area contributed by atoms with Crippen molar-refractivity contribution >= 4 is 32.3 Å². The van der Waals surface area contributed by atoms with Crippen molar-refractivity contribution in [1.29, 1.82) is 0 Å². The maximum Gasteiger partial charge on any atom is 0.133 e. The third-order valence-corrected chi connectivity index (χ3v) is 4.75. The minimum Gasteiger partial charge on any atom is -0.207 e. The van der Waals surface area contributed by atoms with Gasteiger partial charge in [-0.3, -0.25) is 0 Å². The lowest BCUT2D eigenvalue weighted by Gasteiger charge is -2.14. The molecule has 5 aromatic carbocycles. The van der Waals surface area contributed by atoms with Gasteiger partial charge in [-0.15, -0.1) is 0 Å². The molecule has 24 heavy (non-hydrogen) atoms. The standard InChI is InChI=1S/C22H12F2/c23-16-8-11-18(20(24)12-16)17-9-6-15-5-4-13-2-1-3-14-7-10-19(17)22(15)21(13)14/h1-12H. The maximum atomic E-state index is 14.3. The molecule has 0 radical (unpaired) electrons. The third kappa shape index (κ3) is 1.77. The lowest BCUT2D eigenvalue weighted by molar-refractivity contribution is 0.585. The summed E-state index contributed by atoms with van der Waals surface area (Å²) in [5.41, 5.74) is 1.22. The van der Waals surface area contributed by atoms with E-state index in [1.54, 1.807) is 0 Å². The molecule has 0 spiro atoms. The summed E-state index contributed by atoms with van der Waals surface area (Å²) >= 11 is 0. The fourth-order valence-electron chi connectivity index (χ4n) is 3.68. The van der Waals surface area contributed by atoms with Gasteiger partial charge >= 0.3 is 0 Å². The molecule has 0 atom stereocenters. The van der Waals surface area contributed by atoms with Crippen LogP contribution in [0.1, 0.15) is 0 Å². The molecule has 0 fully saturated rings. The summed E-state index contributed by atoms with van der Waals surface area (Å²) in [4.78, 5) is 0. The van der Waals surface area contributed by atoms with Crippen LogP contribution in [0.5, 0.6) is 0 Å². The summed E-state index contributed by atoms with van der Waals surface area (Å²) in [5.74, 6) is -1.10. The molecule has 0 nitrogen and oxygen atoms in total. The van der Waals surface area contributed by atoms with Gasteiger partial charge in [-0.25, -0.2) is 8.78 Å². The first-order chi connectivity index (χ1) is 11.7. The van der Waals surface area contributed by atoms with Gasteiger partial charge in [-0.2, -0.15) is 0 Å². The van der Waals surface area contributed by atoms with Gasteiger partial charge in [0.1, 0.15) is 11.6 Å². The van der Waals surface area contributed by atoms with E-state index in [9.17, 15) is 8.78 Å². The van der Waals surface area contributed by atoms with Crippen molar-refractivity contribution in [2.45, 2.75) is 0 Å². The molecule has 114 valence electrons. The molecular weight excluding hydrogens is 302 g/mol. The monoisotopic (exact) mass is 314 g/mol. The van der Waals surface area contributed by atoms with Crippen LogP contribution < -0.4 is 0 Å². The Bertz CT molecular complexity index is 1210. The van der Waals surface area contributed by atoms with E-state index in [0.29, 0.717) is 5.56 Å². The molecule has 0 saturated heterocycles. The van der Waals surface area contributed by atoms with Crippen LogP contribution >= 0.6 is 0 Å². The maximum absolute atomic E-state index is 14.3. The Morgan fingerprint density at radius 3 is 1.92 bits per heavy atom. The first-order valence-electron chi connectivity index (χ1n) is 7.84. The molecule has 0 unspecified atom stereocenters. The molecular formula is C22H12F2. The van der Waals surface area contributed by atoms with Gasteiger partial charge in [0.05, 0.1) is 0 Å². The largest absolute Gasteiger partial charge is 0.207 e. The molecule has 5 aromatic rings. The molecule has 0 aliphatic carbocycles. The second kappa shape index (κ2) is 4.75. The van der Waals surface area contributed by atoms with Crippen LogP contribution in [0.25, 0.3) is 43.4 Å². The summed E-state index contributed by atoms with van der Waals surface area (Å²) in [5, 5.41) is 6.77. The molecule has 0 heterocycles. The minimum atomic E-state index is -0.561. The van der Waals surface area contributed by atoms with E-state index in [1.165, 1.54) is 28.3 Å². The predicted molar refractivity (Wildman–Crippen MR) is 95.5 cm³/mol. The Kier molecular flexibility index (Phi) is 2.66. The lowest BCUT2D eigenvalue weighted by atomic mass is 9.90. The van der Waals surface area contributed by atoms with Crippen LogP contribution in [0.2, 0.25) is 0 Å². The molecule has 0 aromatic heterocycles. The van der Waals surface area contributed by atoms with E-state index >= 15 is 0 Å². The Balaban J connectivity index is 1.97. The van der Waals surface area contributed by atoms with Crippen molar-refractivity contribution in [3.63, 3.8) is 0 Å². The predicted octanol–water partition coefficient (Wildman–Crippen LogP) is 6.53. The normalized spacial score (nSPS) is 11.8. The number of halogens is 2. The second-order valence-corrected chi connectivity index (χ2v) is 6.09. The highest BCUT2D eigenvalue weighted by Gasteiger charge is 2.14. The molecule has 0 N–H and O–H groups in total. The second-order valence-electron chi connectivity index (χ2n) is 6.09. The van der Waals surface area contributed by atoms with E-state index in [0.717, 1.165) is 27.8 Å². The quantitative estimate of drug-likeness (QED) is 0.309. The van der Waals surface area contributed by atoms with Gasteiger partial charge in [0.2, 0.25) is 0 Å². The van der Waals surface area contributed by atoms with Crippen molar-refractivity contribution in [2.75, 3.05) is 0 Å². The van der Waals surface area contributed by atoms with Crippen LogP contribution in [0, 0.1) is 11.6 Å². The number of rotatable bonds is 1. The van der Waals surface area contributed by atoms with Gasteiger partial charge in [0.15, 0.2) is 0 Å². The Morgan fingerprint density at radius 2 is 1.17 bits per heavy atom. The number of benzene rings is 5. The molecule has 0 amide bonds. The molecule has 0 aliphatic heterocycles. The van der Waals surface area contributed by atoms with Crippen molar-refractivity contribution in [2.24, 2.45) is 0 Å². The average molecular weight is 314 g/mol. The van der Waals surface area contributed by atoms with Crippen molar-refractivity contribution in [3.05, 3.63) is 84.4 Å². The van der Waals surface area contributed by atoms with Crippen LogP contribution in [0.15, 0.2) is 72.8 Å². The van der Waals surface area contributed by atoms with Gasteiger partial charge in [-0.1, -0.05) is 54.6 Å². The van der Waals surface area contributed by atoms with Crippen LogP contribution in [-0.4, -0.2) is 0 Å². The number of hydrogen-bond acceptors (Lipinski definition) is 0. The van der Waals surface area contributed by atoms with Crippen molar-refractivity contribution in [1.82, 2.24) is 0 Å². The molecule has 0 saturated carbocycles. The Hall–Kier alpha value is -3.00. The fraction of sp³-hybridized carbons (Fsp3) is 0. The zero-order valence-electron chi connectivity index (χ0n) is 12.7. The average Bonchev–Trinajstić information content (AvgIpc) is 2.60. The highest BCUT2D eigenvalue weighted by atomic mass is 19.1. The molecule has 0 aliphatic rings. The smallest absolute Gasteiger partial charge is 0.133 e. The first-order valence-corrected chi connectivity index (χ1v) is 7.84. The van der Waals surface area contributed by atoms with E-state index < -0.39 is 11.6 Å². The minimum absolute atomic E-state index is 0.425. The van der Waals surface area contributed by atoms with E-state index in [2.05, 4.69) is 30.3 Å². The fourth-order valence-corrected chi connectivity index (χ4v) is 3.68. The third-order valence-electron chi connectivity index (χ3n) is 4.75. The van der Waals surface area contributed by atoms with Crippen LogP contribution in [0.4, 0.5) is 8.78 Å². The van der Waals surface area contributed by atoms with Gasteiger partial charge in [0.25, 0.3) is 0 Å². The van der Waals surface area contributed by atoms with Crippen molar-refractivity contribution < 1.29 is 8.78 Å². The summed E-state index contributed by atoms with van der Waals surface area (Å²) < 4.78 is 27.6.